The van der Waals surface area contributed by atoms with E-state index < -0.39 is 12.2 Å². The Kier molecular flexibility index (Phi) is 6.00. The van der Waals surface area contributed by atoms with Crippen LogP contribution >= 0.6 is 0 Å². The van der Waals surface area contributed by atoms with Crippen LogP contribution in [0.3, 0.4) is 0 Å². The molecule has 4 rings (SSSR count). The van der Waals surface area contributed by atoms with Crippen LogP contribution in [0.4, 0.5) is 0 Å². The number of aliphatic hydroxyl groups is 1. The first kappa shape index (κ1) is 20.6. The van der Waals surface area contributed by atoms with E-state index in [4.69, 9.17) is 18.9 Å². The van der Waals surface area contributed by atoms with Crippen LogP contribution in [-0.2, 0) is 0 Å². The maximum absolute atomic E-state index is 10.2. The monoisotopic (exact) mass is 420 g/mol. The summed E-state index contributed by atoms with van der Waals surface area (Å²) in [4.78, 5) is 0. The second-order valence-corrected chi connectivity index (χ2v) is 7.10. The fourth-order valence-electron chi connectivity index (χ4n) is 3.51. The summed E-state index contributed by atoms with van der Waals surface area (Å²) in [7, 11) is 2.92. The molecule has 0 unspecified atom stereocenters. The van der Waals surface area contributed by atoms with Crippen LogP contribution < -0.4 is 18.9 Å². The minimum atomic E-state index is -0.628. The standard InChI is InChI=1S/C25H24O6/c1-28-21-13-18(14-22(29-2)24(21)27)25-23(15-26)30-19-11-10-17(12-20(19)31-25)9-8-16-6-4-3-5-7-16/h3-14,23,25-27H,15H2,1-2H3/b9-8+/t23-,25-/m0/s1. The van der Waals surface area contributed by atoms with Crippen molar-refractivity contribution in [2.75, 3.05) is 20.8 Å². The lowest BCUT2D eigenvalue weighted by Crippen LogP contribution is -2.36. The lowest BCUT2D eigenvalue weighted by Gasteiger charge is -2.33. The van der Waals surface area contributed by atoms with Gasteiger partial charge in [-0.15, -0.1) is 0 Å². The summed E-state index contributed by atoms with van der Waals surface area (Å²) in [6.45, 7) is -0.245. The molecule has 0 aliphatic carbocycles. The highest BCUT2D eigenvalue weighted by atomic mass is 16.6. The van der Waals surface area contributed by atoms with E-state index >= 15 is 0 Å². The van der Waals surface area contributed by atoms with Gasteiger partial charge in [-0.3, -0.25) is 0 Å². The number of rotatable bonds is 6. The summed E-state index contributed by atoms with van der Waals surface area (Å²) in [6.07, 6.45) is 2.78. The van der Waals surface area contributed by atoms with Gasteiger partial charge in [0.2, 0.25) is 5.75 Å². The Hall–Kier alpha value is -3.64. The van der Waals surface area contributed by atoms with Crippen molar-refractivity contribution in [2.24, 2.45) is 0 Å². The number of aromatic hydroxyl groups is 1. The van der Waals surface area contributed by atoms with Crippen molar-refractivity contribution in [3.63, 3.8) is 0 Å². The number of ether oxygens (including phenoxy) is 4. The zero-order valence-electron chi connectivity index (χ0n) is 17.3. The van der Waals surface area contributed by atoms with Gasteiger partial charge in [0.05, 0.1) is 20.8 Å². The van der Waals surface area contributed by atoms with Crippen molar-refractivity contribution in [3.8, 4) is 28.7 Å². The van der Waals surface area contributed by atoms with Gasteiger partial charge in [-0.2, -0.15) is 0 Å². The number of phenolic OH excluding ortho intramolecular Hbond substituents is 1. The number of fused-ring (bicyclic) bond motifs is 1. The Balaban J connectivity index is 1.66. The molecule has 2 atom stereocenters. The van der Waals surface area contributed by atoms with E-state index in [1.54, 1.807) is 12.1 Å². The molecule has 3 aromatic rings. The molecule has 0 amide bonds. The molecule has 1 heterocycles. The quantitative estimate of drug-likeness (QED) is 0.574. The van der Waals surface area contributed by atoms with Crippen molar-refractivity contribution in [1.82, 2.24) is 0 Å². The summed E-state index contributed by atoms with van der Waals surface area (Å²) < 4.78 is 22.7. The van der Waals surface area contributed by atoms with Crippen molar-refractivity contribution < 1.29 is 29.2 Å². The molecule has 1 aliphatic heterocycles. The Morgan fingerprint density at radius 3 is 2.16 bits per heavy atom. The molecule has 0 saturated heterocycles. The van der Waals surface area contributed by atoms with Crippen molar-refractivity contribution in [3.05, 3.63) is 77.4 Å². The number of methoxy groups -OCH3 is 2. The minimum absolute atomic E-state index is 0.0974. The third kappa shape index (κ3) is 4.29. The third-order valence-corrected chi connectivity index (χ3v) is 5.12. The summed E-state index contributed by atoms with van der Waals surface area (Å²) in [5.41, 5.74) is 2.70. The zero-order valence-corrected chi connectivity index (χ0v) is 17.3. The predicted molar refractivity (Wildman–Crippen MR) is 118 cm³/mol. The van der Waals surface area contributed by atoms with Crippen molar-refractivity contribution >= 4 is 12.2 Å². The summed E-state index contributed by atoms with van der Waals surface area (Å²) in [6, 6.07) is 19.0. The highest BCUT2D eigenvalue weighted by molar-refractivity contribution is 5.71. The van der Waals surface area contributed by atoms with Gasteiger partial charge in [0, 0.05) is 5.56 Å². The number of phenols is 1. The number of hydrogen-bond donors (Lipinski definition) is 2. The van der Waals surface area contributed by atoms with E-state index in [0.717, 1.165) is 11.1 Å². The molecule has 1 aliphatic rings. The van der Waals surface area contributed by atoms with Crippen LogP contribution in [0.15, 0.2) is 60.7 Å². The van der Waals surface area contributed by atoms with E-state index in [2.05, 4.69) is 0 Å². The maximum atomic E-state index is 10.2. The second-order valence-electron chi connectivity index (χ2n) is 7.10. The lowest BCUT2D eigenvalue weighted by molar-refractivity contribution is -0.0124. The average Bonchev–Trinajstić information content (AvgIpc) is 2.82. The molecule has 0 fully saturated rings. The first-order valence-electron chi connectivity index (χ1n) is 9.89. The van der Waals surface area contributed by atoms with E-state index in [-0.39, 0.29) is 23.9 Å². The molecule has 2 N–H and O–H groups in total. The molecule has 31 heavy (non-hydrogen) atoms. The minimum Gasteiger partial charge on any atom is -0.502 e. The number of benzene rings is 3. The summed E-state index contributed by atoms with van der Waals surface area (Å²) in [5.74, 6) is 1.53. The Labute approximate surface area is 180 Å². The first-order chi connectivity index (χ1) is 15.1. The molecular formula is C25H24O6. The van der Waals surface area contributed by atoms with Gasteiger partial charge in [-0.25, -0.2) is 0 Å². The fraction of sp³-hybridized carbons (Fsp3) is 0.200. The lowest BCUT2D eigenvalue weighted by atomic mass is 10.0. The van der Waals surface area contributed by atoms with Gasteiger partial charge in [-0.1, -0.05) is 48.6 Å². The summed E-state index contributed by atoms with van der Waals surface area (Å²) in [5, 5.41) is 20.1. The van der Waals surface area contributed by atoms with Crippen molar-refractivity contribution in [2.45, 2.75) is 12.2 Å². The smallest absolute Gasteiger partial charge is 0.200 e. The molecule has 6 nitrogen and oxygen atoms in total. The van der Waals surface area contributed by atoms with Crippen LogP contribution in [0.2, 0.25) is 0 Å². The summed E-state index contributed by atoms with van der Waals surface area (Å²) >= 11 is 0. The van der Waals surface area contributed by atoms with Gasteiger partial charge >= 0.3 is 0 Å². The molecule has 0 radical (unpaired) electrons. The molecule has 0 spiro atoms. The van der Waals surface area contributed by atoms with Crippen LogP contribution in [0.5, 0.6) is 28.7 Å². The molecule has 0 bridgehead atoms. The van der Waals surface area contributed by atoms with Gasteiger partial charge in [0.25, 0.3) is 0 Å². The number of hydrogen-bond acceptors (Lipinski definition) is 6. The van der Waals surface area contributed by atoms with E-state index in [1.807, 2.05) is 60.7 Å². The van der Waals surface area contributed by atoms with E-state index in [9.17, 15) is 10.2 Å². The topological polar surface area (TPSA) is 77.4 Å². The molecule has 0 saturated carbocycles. The normalized spacial score (nSPS) is 17.5. The van der Waals surface area contributed by atoms with Crippen LogP contribution in [0.1, 0.15) is 22.8 Å². The number of aliphatic hydroxyl groups excluding tert-OH is 1. The van der Waals surface area contributed by atoms with E-state index in [1.165, 1.54) is 14.2 Å². The third-order valence-electron chi connectivity index (χ3n) is 5.12. The first-order valence-corrected chi connectivity index (χ1v) is 9.89. The maximum Gasteiger partial charge on any atom is 0.200 e. The van der Waals surface area contributed by atoms with Gasteiger partial charge in [0.15, 0.2) is 35.2 Å². The second kappa shape index (κ2) is 9.02. The fourth-order valence-corrected chi connectivity index (χ4v) is 3.51. The van der Waals surface area contributed by atoms with Crippen LogP contribution in [0.25, 0.3) is 12.2 Å². The Bertz CT molecular complexity index is 1050. The van der Waals surface area contributed by atoms with Gasteiger partial charge in [-0.05, 0) is 35.4 Å². The SMILES string of the molecule is COc1cc([C@@H]2Oc3cc(/C=C/c4ccccc4)ccc3O[C@H]2CO)cc(OC)c1O. The largest absolute Gasteiger partial charge is 0.502 e. The molecule has 160 valence electrons. The highest BCUT2D eigenvalue weighted by Gasteiger charge is 2.34. The van der Waals surface area contributed by atoms with Gasteiger partial charge < -0.3 is 29.2 Å². The van der Waals surface area contributed by atoms with Crippen LogP contribution in [0, 0.1) is 0 Å². The zero-order chi connectivity index (χ0) is 21.8. The highest BCUT2D eigenvalue weighted by Crippen LogP contribution is 2.44. The van der Waals surface area contributed by atoms with Gasteiger partial charge in [0.1, 0.15) is 0 Å². The molecule has 6 heteroatoms. The van der Waals surface area contributed by atoms with E-state index in [0.29, 0.717) is 17.1 Å². The average molecular weight is 420 g/mol. The predicted octanol–water partition coefficient (Wildman–Crippen LogP) is 4.45. The molecule has 3 aromatic carbocycles. The van der Waals surface area contributed by atoms with Crippen molar-refractivity contribution in [1.29, 1.82) is 0 Å². The van der Waals surface area contributed by atoms with Crippen LogP contribution in [-0.4, -0.2) is 37.1 Å². The Morgan fingerprint density at radius 1 is 0.839 bits per heavy atom. The molecular weight excluding hydrogens is 396 g/mol. The Morgan fingerprint density at radius 2 is 1.52 bits per heavy atom. The molecule has 0 aromatic heterocycles.